The molecule has 10 heteroatoms. The lowest BCUT2D eigenvalue weighted by molar-refractivity contribution is -0.113. The highest BCUT2D eigenvalue weighted by Gasteiger charge is 2.27. The molecule has 2 heterocycles. The largest absolute Gasteiger partial charge is 0.323 e. The number of rotatable bonds is 6. The Bertz CT molecular complexity index is 842. The second kappa shape index (κ2) is 6.20. The maximum absolute atomic E-state index is 12.1. The Balaban J connectivity index is 1.33. The summed E-state index contributed by atoms with van der Waals surface area (Å²) < 4.78 is 10.2. The minimum atomic E-state index is -0.0686. The van der Waals surface area contributed by atoms with E-state index in [1.807, 2.05) is 22.9 Å². The Hall–Kier alpha value is -2.07. The smallest absolute Gasteiger partial charge is 0.234 e. The summed E-state index contributed by atoms with van der Waals surface area (Å²) in [6, 6.07) is 6.01. The lowest BCUT2D eigenvalue weighted by atomic mass is 10.2. The van der Waals surface area contributed by atoms with E-state index in [1.165, 1.54) is 11.8 Å². The molecule has 1 saturated carbocycles. The third-order valence-electron chi connectivity index (χ3n) is 3.48. The molecule has 0 atom stereocenters. The number of hydrogen-bond acceptors (Lipinski definition) is 8. The van der Waals surface area contributed by atoms with Crippen LogP contribution in [0.5, 0.6) is 0 Å². The minimum absolute atomic E-state index is 0.0686. The first-order valence-corrected chi connectivity index (χ1v) is 9.05. The predicted molar refractivity (Wildman–Crippen MR) is 88.3 cm³/mol. The van der Waals surface area contributed by atoms with Crippen molar-refractivity contribution in [2.24, 2.45) is 0 Å². The van der Waals surface area contributed by atoms with Crippen molar-refractivity contribution in [3.05, 3.63) is 24.0 Å². The number of carbonyl (C=O) groups is 1. The van der Waals surface area contributed by atoms with Crippen LogP contribution in [0.1, 0.15) is 24.7 Å². The van der Waals surface area contributed by atoms with Crippen LogP contribution >= 0.6 is 23.5 Å². The number of aromatic nitrogens is 6. The summed E-state index contributed by atoms with van der Waals surface area (Å²) in [7, 11) is 0. The summed E-state index contributed by atoms with van der Waals surface area (Å²) in [6.07, 6.45) is 2.27. The van der Waals surface area contributed by atoms with Gasteiger partial charge >= 0.3 is 0 Å². The standard InChI is InChI=1S/C13H13N7OS2/c21-12(14-9-2-1-3-10-13(9)17-23-16-10)7-22-6-11-15-18-19-20(11)8-4-5-8/h1-3,8H,4-7H2,(H,14,21). The monoisotopic (exact) mass is 347 g/mol. The molecule has 1 aromatic carbocycles. The van der Waals surface area contributed by atoms with Gasteiger partial charge in [-0.2, -0.15) is 8.75 Å². The van der Waals surface area contributed by atoms with Gasteiger partial charge in [-0.05, 0) is 35.4 Å². The average Bonchev–Trinajstić information content (AvgIpc) is 3.09. The molecule has 0 radical (unpaired) electrons. The summed E-state index contributed by atoms with van der Waals surface area (Å²) in [5.41, 5.74) is 2.22. The number of fused-ring (bicyclic) bond motifs is 1. The zero-order valence-electron chi connectivity index (χ0n) is 12.0. The second-order valence-corrected chi connectivity index (χ2v) is 6.76. The van der Waals surface area contributed by atoms with Crippen molar-refractivity contribution in [3.8, 4) is 0 Å². The highest BCUT2D eigenvalue weighted by atomic mass is 32.2. The number of hydrogen-bond donors (Lipinski definition) is 1. The van der Waals surface area contributed by atoms with E-state index in [4.69, 9.17) is 0 Å². The fraction of sp³-hybridized carbons (Fsp3) is 0.385. The number of benzene rings is 1. The summed E-state index contributed by atoms with van der Waals surface area (Å²) >= 11 is 2.64. The number of amides is 1. The summed E-state index contributed by atoms with van der Waals surface area (Å²) in [5, 5.41) is 14.6. The molecule has 0 spiro atoms. The van der Waals surface area contributed by atoms with Gasteiger partial charge in [-0.15, -0.1) is 16.9 Å². The molecule has 118 valence electrons. The molecule has 23 heavy (non-hydrogen) atoms. The van der Waals surface area contributed by atoms with E-state index in [0.29, 0.717) is 23.2 Å². The van der Waals surface area contributed by atoms with E-state index < -0.39 is 0 Å². The van der Waals surface area contributed by atoms with Gasteiger partial charge in [-0.25, -0.2) is 4.68 Å². The zero-order valence-corrected chi connectivity index (χ0v) is 13.7. The minimum Gasteiger partial charge on any atom is -0.323 e. The van der Waals surface area contributed by atoms with Gasteiger partial charge in [0.25, 0.3) is 0 Å². The van der Waals surface area contributed by atoms with Crippen molar-refractivity contribution in [1.29, 1.82) is 0 Å². The predicted octanol–water partition coefficient (Wildman–Crippen LogP) is 1.88. The molecule has 1 aliphatic carbocycles. The van der Waals surface area contributed by atoms with Crippen molar-refractivity contribution < 1.29 is 4.79 Å². The van der Waals surface area contributed by atoms with Crippen LogP contribution in [0.3, 0.4) is 0 Å². The van der Waals surface area contributed by atoms with E-state index in [0.717, 1.165) is 41.4 Å². The van der Waals surface area contributed by atoms with Gasteiger partial charge in [0.1, 0.15) is 11.0 Å². The van der Waals surface area contributed by atoms with E-state index in [9.17, 15) is 4.79 Å². The van der Waals surface area contributed by atoms with Gasteiger partial charge in [-0.1, -0.05) is 6.07 Å². The molecule has 0 bridgehead atoms. The third kappa shape index (κ3) is 3.17. The highest BCUT2D eigenvalue weighted by molar-refractivity contribution is 7.99. The van der Waals surface area contributed by atoms with Gasteiger partial charge < -0.3 is 5.32 Å². The first kappa shape index (κ1) is 14.5. The summed E-state index contributed by atoms with van der Waals surface area (Å²) in [4.78, 5) is 12.1. The zero-order chi connectivity index (χ0) is 15.6. The van der Waals surface area contributed by atoms with Crippen molar-refractivity contribution in [2.45, 2.75) is 24.6 Å². The second-order valence-electron chi connectivity index (χ2n) is 5.25. The maximum atomic E-state index is 12.1. The van der Waals surface area contributed by atoms with Crippen molar-refractivity contribution in [1.82, 2.24) is 29.0 Å². The van der Waals surface area contributed by atoms with Crippen molar-refractivity contribution >= 4 is 46.1 Å². The number of thioether (sulfide) groups is 1. The molecular weight excluding hydrogens is 334 g/mol. The molecule has 1 N–H and O–H groups in total. The quantitative estimate of drug-likeness (QED) is 0.727. The molecule has 0 unspecified atom stereocenters. The first-order chi connectivity index (χ1) is 11.3. The van der Waals surface area contributed by atoms with Crippen molar-refractivity contribution in [3.63, 3.8) is 0 Å². The number of tetrazole rings is 1. The first-order valence-electron chi connectivity index (χ1n) is 7.17. The Kier molecular flexibility index (Phi) is 3.92. The fourth-order valence-corrected chi connectivity index (χ4v) is 3.52. The Morgan fingerprint density at radius 1 is 1.39 bits per heavy atom. The number of anilines is 1. The Morgan fingerprint density at radius 3 is 3.17 bits per heavy atom. The van der Waals surface area contributed by atoms with Gasteiger partial charge in [0.15, 0.2) is 5.82 Å². The molecule has 2 aromatic heterocycles. The van der Waals surface area contributed by atoms with Crippen molar-refractivity contribution in [2.75, 3.05) is 11.1 Å². The van der Waals surface area contributed by atoms with E-state index >= 15 is 0 Å². The van der Waals surface area contributed by atoms with Crippen LogP contribution in [0.4, 0.5) is 5.69 Å². The molecule has 1 amide bonds. The lowest BCUT2D eigenvalue weighted by Crippen LogP contribution is -2.15. The van der Waals surface area contributed by atoms with Gasteiger partial charge in [0.2, 0.25) is 5.91 Å². The lowest BCUT2D eigenvalue weighted by Gasteiger charge is -2.05. The summed E-state index contributed by atoms with van der Waals surface area (Å²) in [6.45, 7) is 0. The van der Waals surface area contributed by atoms with Crippen LogP contribution in [0.2, 0.25) is 0 Å². The third-order valence-corrected chi connectivity index (χ3v) is 4.95. The van der Waals surface area contributed by atoms with Gasteiger partial charge in [-0.3, -0.25) is 4.79 Å². The molecule has 3 aromatic rings. The fourth-order valence-electron chi connectivity index (χ4n) is 2.24. The van der Waals surface area contributed by atoms with Crippen LogP contribution in [0, 0.1) is 0 Å². The Labute approximate surface area is 140 Å². The number of nitrogens with one attached hydrogen (secondary N) is 1. The van der Waals surface area contributed by atoms with Crippen LogP contribution in [0.15, 0.2) is 18.2 Å². The van der Waals surface area contributed by atoms with E-state index in [1.54, 1.807) is 0 Å². The molecule has 4 rings (SSSR count). The van der Waals surface area contributed by atoms with Crippen LogP contribution < -0.4 is 5.32 Å². The maximum Gasteiger partial charge on any atom is 0.234 e. The molecule has 1 aliphatic rings. The van der Waals surface area contributed by atoms with E-state index in [2.05, 4.69) is 29.6 Å². The SMILES string of the molecule is O=C(CSCc1nnnn1C1CC1)Nc1cccc2nsnc12. The molecule has 0 saturated heterocycles. The molecule has 0 aliphatic heterocycles. The normalized spacial score (nSPS) is 14.3. The topological polar surface area (TPSA) is 98.5 Å². The molecule has 8 nitrogen and oxygen atoms in total. The Morgan fingerprint density at radius 2 is 2.30 bits per heavy atom. The number of nitrogens with zero attached hydrogens (tertiary/aromatic N) is 6. The average molecular weight is 347 g/mol. The van der Waals surface area contributed by atoms with Crippen LogP contribution in [0.25, 0.3) is 11.0 Å². The summed E-state index contributed by atoms with van der Waals surface area (Å²) in [5.74, 6) is 1.72. The molecular formula is C13H13N7OS2. The van der Waals surface area contributed by atoms with Crippen LogP contribution in [-0.4, -0.2) is 40.6 Å². The molecule has 1 fully saturated rings. The van der Waals surface area contributed by atoms with Crippen LogP contribution in [-0.2, 0) is 10.5 Å². The highest BCUT2D eigenvalue weighted by Crippen LogP contribution is 2.34. The van der Waals surface area contributed by atoms with E-state index in [-0.39, 0.29) is 5.91 Å². The number of carbonyl (C=O) groups excluding carboxylic acids is 1. The van der Waals surface area contributed by atoms with Gasteiger partial charge in [0.05, 0.1) is 35.0 Å². The van der Waals surface area contributed by atoms with Gasteiger partial charge in [0, 0.05) is 0 Å².